The van der Waals surface area contributed by atoms with Crippen molar-refractivity contribution in [2.24, 2.45) is 0 Å². The van der Waals surface area contributed by atoms with Gasteiger partial charge in [-0.2, -0.15) is 9.97 Å². The second-order valence-corrected chi connectivity index (χ2v) is 8.91. The van der Waals surface area contributed by atoms with E-state index in [1.54, 1.807) is 30.7 Å². The smallest absolute Gasteiger partial charge is 0.229 e. The minimum Gasteiger partial charge on any atom is -0.364 e. The maximum absolute atomic E-state index is 14.2. The van der Waals surface area contributed by atoms with Gasteiger partial charge >= 0.3 is 0 Å². The first-order valence-electron chi connectivity index (χ1n) is 12.2. The maximum atomic E-state index is 14.2. The average molecular weight is 484 g/mol. The van der Waals surface area contributed by atoms with Crippen LogP contribution >= 0.6 is 0 Å². The van der Waals surface area contributed by atoms with Crippen molar-refractivity contribution in [3.05, 3.63) is 84.2 Å². The van der Waals surface area contributed by atoms with Gasteiger partial charge in [-0.1, -0.05) is 47.7 Å². The van der Waals surface area contributed by atoms with Gasteiger partial charge in [-0.05, 0) is 37.0 Å². The molecule has 36 heavy (non-hydrogen) atoms. The van der Waals surface area contributed by atoms with E-state index in [9.17, 15) is 4.39 Å². The number of rotatable bonds is 7. The second kappa shape index (κ2) is 9.73. The molecule has 3 aromatic heterocycles. The number of para-hydroxylation sites is 1. The Labute approximate surface area is 207 Å². The molecule has 182 valence electrons. The lowest BCUT2D eigenvalue weighted by Crippen LogP contribution is -2.31. The molecule has 1 fully saturated rings. The molecule has 0 bridgehead atoms. The Kier molecular flexibility index (Phi) is 5.98. The zero-order chi connectivity index (χ0) is 24.3. The molecular formula is C26H26FN9. The van der Waals surface area contributed by atoms with E-state index in [0.29, 0.717) is 41.8 Å². The largest absolute Gasteiger partial charge is 0.364 e. The van der Waals surface area contributed by atoms with Gasteiger partial charge in [0.2, 0.25) is 5.95 Å². The van der Waals surface area contributed by atoms with E-state index in [-0.39, 0.29) is 5.82 Å². The Morgan fingerprint density at radius 3 is 2.56 bits per heavy atom. The average Bonchev–Trinajstić information content (AvgIpc) is 3.56. The summed E-state index contributed by atoms with van der Waals surface area (Å²) in [5, 5.41) is 11.8. The van der Waals surface area contributed by atoms with Crippen LogP contribution in [-0.2, 0) is 13.1 Å². The molecule has 1 aliphatic heterocycles. The van der Waals surface area contributed by atoms with Crippen molar-refractivity contribution >= 4 is 22.9 Å². The Hall–Kier alpha value is -4.34. The van der Waals surface area contributed by atoms with E-state index >= 15 is 0 Å². The quantitative estimate of drug-likeness (QED) is 0.371. The van der Waals surface area contributed by atoms with Gasteiger partial charge in [0, 0.05) is 19.6 Å². The monoisotopic (exact) mass is 483 g/mol. The fourth-order valence-electron chi connectivity index (χ4n) is 4.49. The third-order valence-corrected chi connectivity index (χ3v) is 6.37. The van der Waals surface area contributed by atoms with Crippen LogP contribution in [0.15, 0.2) is 67.1 Å². The summed E-state index contributed by atoms with van der Waals surface area (Å²) < 4.78 is 17.6. The van der Waals surface area contributed by atoms with E-state index in [1.165, 1.54) is 17.2 Å². The number of hydrogen-bond donors (Lipinski definition) is 1. The predicted octanol–water partition coefficient (Wildman–Crippen LogP) is 4.20. The van der Waals surface area contributed by atoms with E-state index in [1.807, 2.05) is 22.8 Å². The van der Waals surface area contributed by atoms with Gasteiger partial charge in [-0.3, -0.25) is 0 Å². The molecule has 1 aliphatic rings. The van der Waals surface area contributed by atoms with E-state index in [0.717, 1.165) is 37.1 Å². The standard InChI is InChI=1S/C26H26FN9/c27-21-11-5-6-12-22(21)36-17-20(32-33-36)16-35-18-29-23-24(28-15-19-9-3-1-4-10-19)30-26(31-25(23)35)34-13-7-2-8-14-34/h1,3-6,9-12,17-18H,2,7-8,13-16H2,(H,28,30,31). The first-order chi connectivity index (χ1) is 17.7. The van der Waals surface area contributed by atoms with E-state index in [4.69, 9.17) is 9.97 Å². The van der Waals surface area contributed by atoms with E-state index in [2.05, 4.69) is 37.6 Å². The Bertz CT molecular complexity index is 1470. The lowest BCUT2D eigenvalue weighted by atomic mass is 10.1. The molecule has 0 saturated carbocycles. The Balaban J connectivity index is 1.33. The number of hydrogen-bond acceptors (Lipinski definition) is 7. The molecule has 4 heterocycles. The topological polar surface area (TPSA) is 89.6 Å². The third-order valence-electron chi connectivity index (χ3n) is 6.37. The van der Waals surface area contributed by atoms with Crippen molar-refractivity contribution in [1.29, 1.82) is 0 Å². The number of anilines is 2. The lowest BCUT2D eigenvalue weighted by molar-refractivity contribution is 0.568. The molecule has 0 unspecified atom stereocenters. The van der Waals surface area contributed by atoms with E-state index < -0.39 is 0 Å². The number of piperidine rings is 1. The van der Waals surface area contributed by atoms with Crippen LogP contribution in [0.4, 0.5) is 16.2 Å². The van der Waals surface area contributed by atoms with Gasteiger partial charge in [0.05, 0.1) is 19.1 Å². The van der Waals surface area contributed by atoms with Crippen molar-refractivity contribution < 1.29 is 4.39 Å². The molecule has 0 radical (unpaired) electrons. The zero-order valence-corrected chi connectivity index (χ0v) is 19.8. The SMILES string of the molecule is Fc1ccccc1-n1cc(Cn2cnc3c(NCc4ccccc4)nc(N4CCCCC4)nc32)nn1. The van der Waals surface area contributed by atoms with Gasteiger partial charge in [0.25, 0.3) is 0 Å². The molecule has 2 aromatic carbocycles. The minimum absolute atomic E-state index is 0.352. The van der Waals surface area contributed by atoms with Crippen molar-refractivity contribution in [1.82, 2.24) is 34.5 Å². The first-order valence-corrected chi connectivity index (χ1v) is 12.2. The highest BCUT2D eigenvalue weighted by atomic mass is 19.1. The van der Waals surface area contributed by atoms with Crippen molar-refractivity contribution in [3.8, 4) is 5.69 Å². The summed E-state index contributed by atoms with van der Waals surface area (Å²) in [5.41, 5.74) is 3.62. The van der Waals surface area contributed by atoms with Crippen molar-refractivity contribution in [2.75, 3.05) is 23.3 Å². The number of aromatic nitrogens is 7. The number of benzene rings is 2. The summed E-state index contributed by atoms with van der Waals surface area (Å²) in [5.74, 6) is 1.06. The summed E-state index contributed by atoms with van der Waals surface area (Å²) in [6.07, 6.45) is 6.97. The molecule has 0 spiro atoms. The minimum atomic E-state index is -0.352. The van der Waals surface area contributed by atoms with Crippen molar-refractivity contribution in [2.45, 2.75) is 32.4 Å². The normalized spacial score (nSPS) is 13.9. The highest BCUT2D eigenvalue weighted by Gasteiger charge is 2.20. The number of imidazole rings is 1. The molecule has 6 rings (SSSR count). The fourth-order valence-corrected chi connectivity index (χ4v) is 4.49. The third kappa shape index (κ3) is 4.49. The molecule has 0 atom stereocenters. The van der Waals surface area contributed by atoms with Crippen molar-refractivity contribution in [3.63, 3.8) is 0 Å². The predicted molar refractivity (Wildman–Crippen MR) is 136 cm³/mol. The lowest BCUT2D eigenvalue weighted by Gasteiger charge is -2.27. The zero-order valence-electron chi connectivity index (χ0n) is 19.8. The van der Waals surface area contributed by atoms with Gasteiger partial charge in [-0.25, -0.2) is 14.1 Å². The molecule has 1 saturated heterocycles. The molecule has 1 N–H and O–H groups in total. The summed E-state index contributed by atoms with van der Waals surface area (Å²) in [4.78, 5) is 16.7. The number of nitrogens with zero attached hydrogens (tertiary/aromatic N) is 8. The Morgan fingerprint density at radius 1 is 0.917 bits per heavy atom. The van der Waals surface area contributed by atoms with Crippen LogP contribution in [0, 0.1) is 5.82 Å². The fraction of sp³-hybridized carbons (Fsp3) is 0.269. The molecule has 0 aliphatic carbocycles. The molecule has 5 aromatic rings. The summed E-state index contributed by atoms with van der Waals surface area (Å²) in [6, 6.07) is 16.7. The number of nitrogens with one attached hydrogen (secondary N) is 1. The highest BCUT2D eigenvalue weighted by molar-refractivity contribution is 5.84. The highest BCUT2D eigenvalue weighted by Crippen LogP contribution is 2.25. The molecule has 9 nitrogen and oxygen atoms in total. The summed E-state index contributed by atoms with van der Waals surface area (Å²) in [6.45, 7) is 2.92. The summed E-state index contributed by atoms with van der Waals surface area (Å²) >= 11 is 0. The first kappa shape index (κ1) is 22.1. The number of halogens is 1. The van der Waals surface area contributed by atoms with Crippen LogP contribution in [0.25, 0.3) is 16.9 Å². The molecule has 0 amide bonds. The van der Waals surface area contributed by atoms with Gasteiger partial charge < -0.3 is 14.8 Å². The van der Waals surface area contributed by atoms with Crippen LogP contribution in [0.3, 0.4) is 0 Å². The van der Waals surface area contributed by atoms with Crippen LogP contribution in [0.2, 0.25) is 0 Å². The summed E-state index contributed by atoms with van der Waals surface area (Å²) in [7, 11) is 0. The van der Waals surface area contributed by atoms with Gasteiger partial charge in [0.15, 0.2) is 17.0 Å². The van der Waals surface area contributed by atoms with Gasteiger partial charge in [0.1, 0.15) is 17.2 Å². The van der Waals surface area contributed by atoms with Crippen LogP contribution < -0.4 is 10.2 Å². The van der Waals surface area contributed by atoms with Gasteiger partial charge in [-0.15, -0.1) is 5.10 Å². The number of fused-ring (bicyclic) bond motifs is 1. The maximum Gasteiger partial charge on any atom is 0.229 e. The van der Waals surface area contributed by atoms with Crippen LogP contribution in [0.5, 0.6) is 0 Å². The molecule has 10 heteroatoms. The van der Waals surface area contributed by atoms with Crippen LogP contribution in [0.1, 0.15) is 30.5 Å². The molecular weight excluding hydrogens is 457 g/mol. The Morgan fingerprint density at radius 2 is 1.72 bits per heavy atom. The van der Waals surface area contributed by atoms with Crippen LogP contribution in [-0.4, -0.2) is 47.6 Å². The second-order valence-electron chi connectivity index (χ2n) is 8.91.